The van der Waals surface area contributed by atoms with Crippen LogP contribution in [-0.4, -0.2) is 23.7 Å². The molecule has 0 radical (unpaired) electrons. The number of aromatic nitrogens is 1. The fraction of sp³-hybridized carbons (Fsp3) is 0.310. The van der Waals surface area contributed by atoms with Crippen molar-refractivity contribution in [2.75, 3.05) is 7.11 Å². The van der Waals surface area contributed by atoms with Gasteiger partial charge >= 0.3 is 0 Å². The zero-order valence-electron chi connectivity index (χ0n) is 21.1. The molecule has 35 heavy (non-hydrogen) atoms. The topological polar surface area (TPSA) is 69.6 Å². The number of rotatable bonds is 6. The molecule has 2 aromatic heterocycles. The van der Waals surface area contributed by atoms with Crippen LogP contribution in [0.1, 0.15) is 71.9 Å². The summed E-state index contributed by atoms with van der Waals surface area (Å²) in [5.41, 5.74) is 11.6. The standard InChI is InChI=1S/C20H21N3OS.C9H12O/c1-5-22-19-17(13(2)21)18(14(3)24)16(23(19)20(4)9-10-20)7-6-15-8-11-25-12-15;1-8-3-5-9(6-4-8)7-10-2/h5,8,11-12H,2,9-10,21H2,1,3-4H3;3-6H,7H2,1-2H3/b22-5-;. The smallest absolute Gasteiger partial charge is 0.163 e. The van der Waals surface area contributed by atoms with Gasteiger partial charge < -0.3 is 15.0 Å². The van der Waals surface area contributed by atoms with Crippen molar-refractivity contribution in [1.82, 2.24) is 4.57 Å². The molecule has 0 unspecified atom stereocenters. The number of carbonyl (C=O) groups is 1. The summed E-state index contributed by atoms with van der Waals surface area (Å²) in [7, 11) is 1.71. The third kappa shape index (κ3) is 6.19. The maximum atomic E-state index is 12.4. The summed E-state index contributed by atoms with van der Waals surface area (Å²) in [4.78, 5) is 17.0. The monoisotopic (exact) mass is 487 g/mol. The van der Waals surface area contributed by atoms with Gasteiger partial charge in [0.2, 0.25) is 0 Å². The molecule has 0 aliphatic heterocycles. The van der Waals surface area contributed by atoms with Crippen molar-refractivity contribution in [1.29, 1.82) is 0 Å². The van der Waals surface area contributed by atoms with E-state index in [2.05, 4.69) is 66.1 Å². The molecule has 1 saturated carbocycles. The van der Waals surface area contributed by atoms with E-state index in [-0.39, 0.29) is 11.3 Å². The Kier molecular flexibility index (Phi) is 8.50. The Morgan fingerprint density at radius 1 is 1.26 bits per heavy atom. The van der Waals surface area contributed by atoms with Crippen molar-refractivity contribution >= 4 is 34.8 Å². The summed E-state index contributed by atoms with van der Waals surface area (Å²) < 4.78 is 7.05. The minimum Gasteiger partial charge on any atom is -0.399 e. The highest BCUT2D eigenvalue weighted by Crippen LogP contribution is 2.49. The molecule has 1 aromatic carbocycles. The van der Waals surface area contributed by atoms with Gasteiger partial charge in [-0.3, -0.25) is 4.79 Å². The van der Waals surface area contributed by atoms with Crippen LogP contribution in [0.15, 0.2) is 52.7 Å². The summed E-state index contributed by atoms with van der Waals surface area (Å²) in [6.07, 6.45) is 3.76. The van der Waals surface area contributed by atoms with Crippen LogP contribution in [0.3, 0.4) is 0 Å². The number of hydrogen-bond donors (Lipinski definition) is 1. The number of nitrogens with two attached hydrogens (primary N) is 1. The van der Waals surface area contributed by atoms with Gasteiger partial charge in [-0.1, -0.05) is 42.3 Å². The number of methoxy groups -OCH3 is 1. The number of ketones is 1. The Labute approximate surface area is 212 Å². The van der Waals surface area contributed by atoms with Gasteiger partial charge in [0, 0.05) is 35.5 Å². The number of thiophene rings is 1. The van der Waals surface area contributed by atoms with Crippen LogP contribution in [0.2, 0.25) is 0 Å². The van der Waals surface area contributed by atoms with Gasteiger partial charge in [0.25, 0.3) is 0 Å². The van der Waals surface area contributed by atoms with E-state index in [1.54, 1.807) is 24.7 Å². The lowest BCUT2D eigenvalue weighted by molar-refractivity contribution is 0.101. The van der Waals surface area contributed by atoms with Gasteiger partial charge in [0.1, 0.15) is 11.5 Å². The van der Waals surface area contributed by atoms with Gasteiger partial charge in [0.05, 0.1) is 17.7 Å². The lowest BCUT2D eigenvalue weighted by Crippen LogP contribution is -2.15. The highest BCUT2D eigenvalue weighted by atomic mass is 32.1. The number of carbonyl (C=O) groups excluding carboxylic acids is 1. The van der Waals surface area contributed by atoms with E-state index >= 15 is 0 Å². The predicted octanol–water partition coefficient (Wildman–Crippen LogP) is 6.45. The molecule has 2 heterocycles. The summed E-state index contributed by atoms with van der Waals surface area (Å²) in [5.74, 6) is 6.98. The molecule has 0 spiro atoms. The average molecular weight is 488 g/mol. The van der Waals surface area contributed by atoms with Crippen LogP contribution in [0.5, 0.6) is 0 Å². The molecule has 1 aliphatic carbocycles. The van der Waals surface area contributed by atoms with Crippen molar-refractivity contribution in [2.24, 2.45) is 10.7 Å². The SMILES string of the molecule is C=C(N)c1c(C(C)=O)c(C#Cc2ccsc2)n(C2(C)CC2)c1/N=C\C.COCc1ccc(C)cc1. The van der Waals surface area contributed by atoms with Gasteiger partial charge in [-0.05, 0) is 63.5 Å². The molecule has 0 atom stereocenters. The minimum atomic E-state index is -0.0849. The zero-order chi connectivity index (χ0) is 25.6. The van der Waals surface area contributed by atoms with Crippen LogP contribution >= 0.6 is 11.3 Å². The molecule has 2 N–H and O–H groups in total. The maximum absolute atomic E-state index is 12.4. The van der Waals surface area contributed by atoms with E-state index in [1.165, 1.54) is 18.1 Å². The van der Waals surface area contributed by atoms with Crippen molar-refractivity contribution < 1.29 is 9.53 Å². The molecule has 0 amide bonds. The third-order valence-corrected chi connectivity index (χ3v) is 6.55. The van der Waals surface area contributed by atoms with Gasteiger partial charge in [0.15, 0.2) is 5.78 Å². The number of aryl methyl sites for hydroxylation is 1. The highest BCUT2D eigenvalue weighted by molar-refractivity contribution is 7.08. The third-order valence-electron chi connectivity index (χ3n) is 5.86. The van der Waals surface area contributed by atoms with Crippen LogP contribution in [0, 0.1) is 18.8 Å². The fourth-order valence-electron chi connectivity index (χ4n) is 3.82. The molecule has 1 fully saturated rings. The number of nitrogens with zero attached hydrogens (tertiary/aromatic N) is 2. The maximum Gasteiger partial charge on any atom is 0.163 e. The Morgan fingerprint density at radius 3 is 2.43 bits per heavy atom. The lowest BCUT2D eigenvalue weighted by atomic mass is 10.0. The van der Waals surface area contributed by atoms with Crippen LogP contribution in [-0.2, 0) is 16.9 Å². The number of Topliss-reactive ketones (excluding diaryl/α,β-unsaturated/α-hetero) is 1. The molecule has 182 valence electrons. The Morgan fingerprint density at radius 2 is 1.94 bits per heavy atom. The first-order valence-corrected chi connectivity index (χ1v) is 12.5. The highest BCUT2D eigenvalue weighted by Gasteiger charge is 2.44. The predicted molar refractivity (Wildman–Crippen MR) is 147 cm³/mol. The first-order chi connectivity index (χ1) is 16.7. The van der Waals surface area contributed by atoms with Gasteiger partial charge in [-0.2, -0.15) is 11.3 Å². The lowest BCUT2D eigenvalue weighted by Gasteiger charge is -2.16. The number of aliphatic imine (C=N–C) groups is 1. The second-order valence-corrected chi connectivity index (χ2v) is 9.68. The van der Waals surface area contributed by atoms with E-state index < -0.39 is 0 Å². The number of ether oxygens (including phenoxy) is 1. The molecular formula is C29H33N3O2S. The van der Waals surface area contributed by atoms with E-state index in [0.717, 1.165) is 18.4 Å². The van der Waals surface area contributed by atoms with E-state index in [1.807, 2.05) is 23.8 Å². The molecular weight excluding hydrogens is 454 g/mol. The molecule has 0 saturated heterocycles. The molecule has 6 heteroatoms. The summed E-state index contributed by atoms with van der Waals surface area (Å²) in [6.45, 7) is 12.2. The zero-order valence-corrected chi connectivity index (χ0v) is 22.0. The van der Waals surface area contributed by atoms with Gasteiger partial charge in [-0.15, -0.1) is 0 Å². The fourth-order valence-corrected chi connectivity index (χ4v) is 4.41. The average Bonchev–Trinajstić information content (AvgIpc) is 3.22. The second-order valence-electron chi connectivity index (χ2n) is 8.90. The Bertz CT molecular complexity index is 1280. The minimum absolute atomic E-state index is 0.0771. The first-order valence-electron chi connectivity index (χ1n) is 11.5. The normalized spacial score (nSPS) is 13.5. The Balaban J connectivity index is 0.000000287. The van der Waals surface area contributed by atoms with Crippen LogP contribution < -0.4 is 5.73 Å². The van der Waals surface area contributed by atoms with Crippen molar-refractivity contribution in [3.05, 3.63) is 81.2 Å². The second kappa shape index (κ2) is 11.4. The van der Waals surface area contributed by atoms with Crippen molar-refractivity contribution in [3.63, 3.8) is 0 Å². The first kappa shape index (κ1) is 26.2. The number of benzene rings is 1. The number of hydrogen-bond acceptors (Lipinski definition) is 5. The molecule has 4 rings (SSSR count). The summed E-state index contributed by atoms with van der Waals surface area (Å²) in [5, 5.41) is 3.97. The molecule has 1 aliphatic rings. The van der Waals surface area contributed by atoms with E-state index in [0.29, 0.717) is 34.9 Å². The largest absolute Gasteiger partial charge is 0.399 e. The van der Waals surface area contributed by atoms with Crippen LogP contribution in [0.4, 0.5) is 5.82 Å². The van der Waals surface area contributed by atoms with E-state index in [9.17, 15) is 4.79 Å². The van der Waals surface area contributed by atoms with Crippen LogP contribution in [0.25, 0.3) is 5.70 Å². The molecule has 3 aromatic rings. The summed E-state index contributed by atoms with van der Waals surface area (Å²) in [6, 6.07) is 10.3. The quantitative estimate of drug-likeness (QED) is 0.247. The van der Waals surface area contributed by atoms with Crippen molar-refractivity contribution in [3.8, 4) is 11.8 Å². The molecule has 0 bridgehead atoms. The Hall–Kier alpha value is -3.40. The molecule has 5 nitrogen and oxygen atoms in total. The van der Waals surface area contributed by atoms with Crippen molar-refractivity contribution in [2.45, 2.75) is 52.7 Å². The van der Waals surface area contributed by atoms with E-state index in [4.69, 9.17) is 10.5 Å². The summed E-state index contributed by atoms with van der Waals surface area (Å²) >= 11 is 1.59. The van der Waals surface area contributed by atoms with Gasteiger partial charge in [-0.25, -0.2) is 4.99 Å².